The van der Waals surface area contributed by atoms with Crippen LogP contribution in [0, 0.1) is 0 Å². The first kappa shape index (κ1) is 14.1. The Morgan fingerprint density at radius 3 is 1.38 bits per heavy atom. The van der Waals surface area contributed by atoms with Gasteiger partial charge in [0.1, 0.15) is 0 Å². The molecule has 0 radical (unpaired) electrons. The summed E-state index contributed by atoms with van der Waals surface area (Å²) in [6.45, 7) is 2.25. The van der Waals surface area contributed by atoms with Crippen LogP contribution in [-0.4, -0.2) is 57.7 Å². The Bertz CT molecular complexity index is 204. The summed E-state index contributed by atoms with van der Waals surface area (Å²) in [5.74, 6) is 0. The Morgan fingerprint density at radius 1 is 0.688 bits per heavy atom. The molecular formula is C8H17O7P. The minimum atomic E-state index is -3.95. The van der Waals surface area contributed by atoms with Crippen LogP contribution >= 0.6 is 7.82 Å². The number of rotatable bonds is 0. The monoisotopic (exact) mass is 256 g/mol. The first-order valence-corrected chi connectivity index (χ1v) is 6.55. The predicted molar refractivity (Wildman–Crippen MR) is 54.2 cm³/mol. The molecular weight excluding hydrogens is 239 g/mol. The van der Waals surface area contributed by atoms with E-state index in [1.807, 2.05) is 0 Å². The molecule has 0 aromatic rings. The maximum atomic E-state index is 11.2. The van der Waals surface area contributed by atoms with E-state index in [4.69, 9.17) is 19.1 Å². The molecule has 0 spiro atoms. The minimum absolute atomic E-state index is 0.00857. The SMILES string of the molecule is O=P1(O)OCCOCCOCCOCCO1. The van der Waals surface area contributed by atoms with E-state index in [1.165, 1.54) is 0 Å². The first-order valence-electron chi connectivity index (χ1n) is 5.06. The predicted octanol–water partition coefficient (Wildman–Crippen LogP) is 0.183. The zero-order valence-electron chi connectivity index (χ0n) is 9.00. The van der Waals surface area contributed by atoms with Crippen molar-refractivity contribution in [1.82, 2.24) is 0 Å². The highest BCUT2D eigenvalue weighted by Crippen LogP contribution is 2.42. The Morgan fingerprint density at radius 2 is 1.00 bits per heavy atom. The molecule has 1 aliphatic rings. The van der Waals surface area contributed by atoms with Crippen molar-refractivity contribution in [3.63, 3.8) is 0 Å². The van der Waals surface area contributed by atoms with Crippen LogP contribution in [-0.2, 0) is 27.8 Å². The number of phosphoric ester groups is 1. The molecule has 1 aliphatic heterocycles. The molecule has 0 aromatic heterocycles. The molecule has 0 saturated carbocycles. The average Bonchev–Trinajstić information content (AvgIpc) is 2.24. The second kappa shape index (κ2) is 8.14. The topological polar surface area (TPSA) is 83.5 Å². The van der Waals surface area contributed by atoms with Gasteiger partial charge in [0.2, 0.25) is 0 Å². The Hall–Kier alpha value is -0.0100. The van der Waals surface area contributed by atoms with Gasteiger partial charge in [0.15, 0.2) is 0 Å². The van der Waals surface area contributed by atoms with Crippen molar-refractivity contribution in [2.75, 3.05) is 52.9 Å². The van der Waals surface area contributed by atoms with Gasteiger partial charge in [-0.2, -0.15) is 0 Å². The molecule has 96 valence electrons. The molecule has 1 heterocycles. The molecule has 16 heavy (non-hydrogen) atoms. The standard InChI is InChI=1S/C8H17O7P/c9-16(10)14-7-5-12-3-1-11-2-4-13-6-8-15-16/h1-8H2,(H,9,10). The van der Waals surface area contributed by atoms with Gasteiger partial charge in [-0.3, -0.25) is 9.05 Å². The summed E-state index contributed by atoms with van der Waals surface area (Å²) in [6, 6.07) is 0. The summed E-state index contributed by atoms with van der Waals surface area (Å²) in [6.07, 6.45) is 0. The molecule has 8 heteroatoms. The smallest absolute Gasteiger partial charge is 0.377 e. The van der Waals surface area contributed by atoms with E-state index in [1.54, 1.807) is 0 Å². The summed E-state index contributed by atoms with van der Waals surface area (Å²) in [4.78, 5) is 9.16. The summed E-state index contributed by atoms with van der Waals surface area (Å²) in [5, 5.41) is 0. The summed E-state index contributed by atoms with van der Waals surface area (Å²) < 4.78 is 35.9. The molecule has 7 nitrogen and oxygen atoms in total. The molecule has 0 aromatic carbocycles. The fourth-order valence-electron chi connectivity index (χ4n) is 1.00. The quantitative estimate of drug-likeness (QED) is 0.619. The normalized spacial score (nSPS) is 25.8. The van der Waals surface area contributed by atoms with E-state index in [2.05, 4.69) is 9.05 Å². The van der Waals surface area contributed by atoms with Gasteiger partial charge in [-0.05, 0) is 0 Å². The third kappa shape index (κ3) is 7.29. The first-order chi connectivity index (χ1) is 7.71. The van der Waals surface area contributed by atoms with E-state index >= 15 is 0 Å². The van der Waals surface area contributed by atoms with Crippen LogP contribution in [0.1, 0.15) is 0 Å². The molecule has 1 fully saturated rings. The largest absolute Gasteiger partial charge is 0.472 e. The van der Waals surface area contributed by atoms with E-state index in [-0.39, 0.29) is 26.4 Å². The van der Waals surface area contributed by atoms with E-state index < -0.39 is 7.82 Å². The van der Waals surface area contributed by atoms with Crippen molar-refractivity contribution in [3.05, 3.63) is 0 Å². The van der Waals surface area contributed by atoms with Crippen LogP contribution < -0.4 is 0 Å². The minimum Gasteiger partial charge on any atom is -0.377 e. The molecule has 1 N–H and O–H groups in total. The van der Waals surface area contributed by atoms with Gasteiger partial charge in [-0.15, -0.1) is 0 Å². The lowest BCUT2D eigenvalue weighted by Crippen LogP contribution is -2.14. The third-order valence-corrected chi connectivity index (χ3v) is 2.73. The molecule has 0 aliphatic carbocycles. The number of hydrogen-bond donors (Lipinski definition) is 1. The van der Waals surface area contributed by atoms with Crippen molar-refractivity contribution in [1.29, 1.82) is 0 Å². The average molecular weight is 256 g/mol. The lowest BCUT2D eigenvalue weighted by Gasteiger charge is -2.13. The third-order valence-electron chi connectivity index (χ3n) is 1.71. The Labute approximate surface area is 94.2 Å². The Kier molecular flexibility index (Phi) is 7.15. The number of ether oxygens (including phenoxy) is 3. The molecule has 1 rings (SSSR count). The second-order valence-corrected chi connectivity index (χ2v) is 4.43. The van der Waals surface area contributed by atoms with Gasteiger partial charge in [0.05, 0.1) is 52.9 Å². The van der Waals surface area contributed by atoms with Crippen LogP contribution in [0.25, 0.3) is 0 Å². The maximum Gasteiger partial charge on any atom is 0.472 e. The van der Waals surface area contributed by atoms with Crippen LogP contribution in [0.15, 0.2) is 0 Å². The van der Waals surface area contributed by atoms with Crippen LogP contribution in [0.3, 0.4) is 0 Å². The van der Waals surface area contributed by atoms with Crippen LogP contribution in [0.4, 0.5) is 0 Å². The van der Waals surface area contributed by atoms with Gasteiger partial charge >= 0.3 is 7.82 Å². The van der Waals surface area contributed by atoms with Crippen molar-refractivity contribution < 1.29 is 32.7 Å². The fraction of sp³-hybridized carbons (Fsp3) is 1.00. The highest BCUT2D eigenvalue weighted by atomic mass is 31.2. The van der Waals surface area contributed by atoms with Gasteiger partial charge in [-0.1, -0.05) is 0 Å². The zero-order valence-corrected chi connectivity index (χ0v) is 9.90. The van der Waals surface area contributed by atoms with E-state index in [0.29, 0.717) is 26.4 Å². The van der Waals surface area contributed by atoms with Crippen LogP contribution in [0.5, 0.6) is 0 Å². The zero-order chi connectivity index (χ0) is 11.7. The highest BCUT2D eigenvalue weighted by molar-refractivity contribution is 7.47. The summed E-state index contributed by atoms with van der Waals surface area (Å²) in [5.41, 5.74) is 0. The van der Waals surface area contributed by atoms with E-state index in [0.717, 1.165) is 0 Å². The lowest BCUT2D eigenvalue weighted by atomic mass is 10.7. The molecule has 1 saturated heterocycles. The fourth-order valence-corrected chi connectivity index (χ4v) is 1.69. The lowest BCUT2D eigenvalue weighted by molar-refractivity contribution is -0.00690. The molecule has 0 unspecified atom stereocenters. The Balaban J connectivity index is 2.25. The van der Waals surface area contributed by atoms with E-state index in [9.17, 15) is 4.57 Å². The van der Waals surface area contributed by atoms with Gasteiger partial charge in [0.25, 0.3) is 0 Å². The van der Waals surface area contributed by atoms with Crippen molar-refractivity contribution in [2.45, 2.75) is 0 Å². The van der Waals surface area contributed by atoms with Gasteiger partial charge in [0, 0.05) is 0 Å². The highest BCUT2D eigenvalue weighted by Gasteiger charge is 2.20. The second-order valence-electron chi connectivity index (χ2n) is 2.97. The molecule has 0 bridgehead atoms. The van der Waals surface area contributed by atoms with Gasteiger partial charge < -0.3 is 19.1 Å². The number of phosphoric acid groups is 1. The van der Waals surface area contributed by atoms with Gasteiger partial charge in [-0.25, -0.2) is 4.57 Å². The summed E-state index contributed by atoms with van der Waals surface area (Å²) >= 11 is 0. The maximum absolute atomic E-state index is 11.2. The van der Waals surface area contributed by atoms with Crippen molar-refractivity contribution in [3.8, 4) is 0 Å². The van der Waals surface area contributed by atoms with Crippen LogP contribution in [0.2, 0.25) is 0 Å². The molecule has 0 amide bonds. The number of hydrogen-bond acceptors (Lipinski definition) is 6. The van der Waals surface area contributed by atoms with Crippen molar-refractivity contribution >= 4 is 7.82 Å². The molecule has 0 atom stereocenters. The summed E-state index contributed by atoms with van der Waals surface area (Å²) in [7, 11) is -3.95. The van der Waals surface area contributed by atoms with Crippen molar-refractivity contribution in [2.24, 2.45) is 0 Å².